The smallest absolute Gasteiger partial charge is 0.370 e. The molecular weight excluding hydrogens is 286 g/mol. The quantitative estimate of drug-likeness (QED) is 0.805. The number of rotatable bonds is 4. The van der Waals surface area contributed by atoms with Gasteiger partial charge in [-0.05, 0) is 22.9 Å². The van der Waals surface area contributed by atoms with Gasteiger partial charge in [0.05, 0.1) is 0 Å². The Morgan fingerprint density at radius 3 is 2.41 bits per heavy atom. The maximum Gasteiger partial charge on any atom is 0.370 e. The highest BCUT2D eigenvalue weighted by molar-refractivity contribution is 6.01. The van der Waals surface area contributed by atoms with Crippen molar-refractivity contribution >= 4 is 28.6 Å². The Bertz CT molecular complexity index is 739. The molecule has 0 aromatic heterocycles. The summed E-state index contributed by atoms with van der Waals surface area (Å²) in [5.41, 5.74) is 0. The lowest BCUT2D eigenvalue weighted by atomic mass is 10.1. The summed E-state index contributed by atoms with van der Waals surface area (Å²) in [5.74, 6) is -1.31. The first-order valence-corrected chi connectivity index (χ1v) is 6.82. The molecule has 1 saturated heterocycles. The van der Waals surface area contributed by atoms with Crippen LogP contribution in [0.5, 0.6) is 5.75 Å². The number of amides is 2. The highest BCUT2D eigenvalue weighted by Crippen LogP contribution is 2.20. The van der Waals surface area contributed by atoms with E-state index < -0.39 is 17.8 Å². The molecule has 0 unspecified atom stereocenters. The minimum Gasteiger partial charge on any atom is -0.482 e. The van der Waals surface area contributed by atoms with Crippen LogP contribution in [0.25, 0.3) is 10.8 Å². The van der Waals surface area contributed by atoms with Gasteiger partial charge in [0.25, 0.3) is 11.8 Å². The van der Waals surface area contributed by atoms with Crippen molar-refractivity contribution in [2.45, 2.75) is 12.8 Å². The van der Waals surface area contributed by atoms with E-state index in [2.05, 4.69) is 0 Å². The lowest BCUT2D eigenvalue weighted by Crippen LogP contribution is -2.33. The molecule has 1 fully saturated rings. The van der Waals surface area contributed by atoms with Gasteiger partial charge < -0.3 is 9.57 Å². The fourth-order valence-corrected chi connectivity index (χ4v) is 2.19. The molecule has 2 aromatic rings. The van der Waals surface area contributed by atoms with Crippen LogP contribution in [-0.2, 0) is 19.2 Å². The molecule has 0 radical (unpaired) electrons. The number of imide groups is 1. The van der Waals surface area contributed by atoms with E-state index in [1.54, 1.807) is 12.1 Å². The molecule has 6 nitrogen and oxygen atoms in total. The zero-order chi connectivity index (χ0) is 15.5. The van der Waals surface area contributed by atoms with Gasteiger partial charge in [-0.1, -0.05) is 30.3 Å². The third-order valence-corrected chi connectivity index (χ3v) is 3.28. The van der Waals surface area contributed by atoms with Crippen molar-refractivity contribution in [1.82, 2.24) is 5.06 Å². The van der Waals surface area contributed by atoms with Crippen LogP contribution in [-0.4, -0.2) is 29.5 Å². The number of carbonyl (C=O) groups is 3. The van der Waals surface area contributed by atoms with Crippen LogP contribution >= 0.6 is 0 Å². The monoisotopic (exact) mass is 299 g/mol. The number of hydroxylamine groups is 2. The summed E-state index contributed by atoms with van der Waals surface area (Å²) in [6.07, 6.45) is 0.134. The summed E-state index contributed by atoms with van der Waals surface area (Å²) in [5, 5.41) is 2.55. The second-order valence-electron chi connectivity index (χ2n) is 4.84. The Balaban J connectivity index is 1.60. The summed E-state index contributed by atoms with van der Waals surface area (Å²) >= 11 is 0. The number of nitrogens with zero attached hydrogens (tertiary/aromatic N) is 1. The first kappa shape index (κ1) is 14.1. The molecule has 6 heteroatoms. The first-order valence-electron chi connectivity index (χ1n) is 6.82. The zero-order valence-electron chi connectivity index (χ0n) is 11.7. The average molecular weight is 299 g/mol. The van der Waals surface area contributed by atoms with E-state index in [4.69, 9.17) is 9.57 Å². The minimum absolute atomic E-state index is 0.0671. The number of ether oxygens (including phenoxy) is 1. The molecule has 0 aliphatic carbocycles. The fourth-order valence-electron chi connectivity index (χ4n) is 2.19. The lowest BCUT2D eigenvalue weighted by Gasteiger charge is -2.13. The summed E-state index contributed by atoms with van der Waals surface area (Å²) in [4.78, 5) is 39.0. The molecule has 1 heterocycles. The van der Waals surface area contributed by atoms with Crippen molar-refractivity contribution < 1.29 is 24.0 Å². The Hall–Kier alpha value is -2.89. The van der Waals surface area contributed by atoms with Crippen LogP contribution in [0.4, 0.5) is 0 Å². The number of fused-ring (bicyclic) bond motifs is 1. The van der Waals surface area contributed by atoms with Crippen molar-refractivity contribution in [3.05, 3.63) is 42.5 Å². The summed E-state index contributed by atoms with van der Waals surface area (Å²) in [6, 6.07) is 13.2. The van der Waals surface area contributed by atoms with Crippen LogP contribution in [0, 0.1) is 0 Å². The predicted molar refractivity (Wildman–Crippen MR) is 76.6 cm³/mol. The Labute approximate surface area is 126 Å². The molecule has 1 aliphatic rings. The highest BCUT2D eigenvalue weighted by Gasteiger charge is 2.32. The van der Waals surface area contributed by atoms with Crippen LogP contribution in [0.2, 0.25) is 0 Å². The van der Waals surface area contributed by atoms with Gasteiger partial charge in [-0.15, -0.1) is 5.06 Å². The van der Waals surface area contributed by atoms with Gasteiger partial charge in [-0.3, -0.25) is 9.59 Å². The average Bonchev–Trinajstić information content (AvgIpc) is 2.84. The number of hydrogen-bond acceptors (Lipinski definition) is 5. The topological polar surface area (TPSA) is 72.9 Å². The first-order chi connectivity index (χ1) is 10.6. The molecule has 0 spiro atoms. The molecule has 0 N–H and O–H groups in total. The molecule has 2 aromatic carbocycles. The standard InChI is InChI=1S/C16H13NO5/c18-14-7-8-15(19)17(14)22-16(20)10-21-13-6-5-11-3-1-2-4-12(11)9-13/h1-6,9H,7-8,10H2. The molecule has 112 valence electrons. The van der Waals surface area contributed by atoms with E-state index in [1.165, 1.54) is 0 Å². The van der Waals surface area contributed by atoms with Crippen LogP contribution in [0.15, 0.2) is 42.5 Å². The summed E-state index contributed by atoms with van der Waals surface area (Å²) in [7, 11) is 0. The third kappa shape index (κ3) is 2.90. The molecular formula is C16H13NO5. The molecule has 1 aliphatic heterocycles. The second-order valence-corrected chi connectivity index (χ2v) is 4.84. The van der Waals surface area contributed by atoms with Crippen molar-refractivity contribution in [3.8, 4) is 5.75 Å². The molecule has 3 rings (SSSR count). The maximum absolute atomic E-state index is 11.6. The largest absolute Gasteiger partial charge is 0.482 e. The second kappa shape index (κ2) is 5.85. The van der Waals surface area contributed by atoms with Crippen LogP contribution in [0.3, 0.4) is 0 Å². The van der Waals surface area contributed by atoms with Gasteiger partial charge in [-0.2, -0.15) is 0 Å². The van der Waals surface area contributed by atoms with Gasteiger partial charge in [0.15, 0.2) is 6.61 Å². The molecule has 0 saturated carbocycles. The van der Waals surface area contributed by atoms with E-state index in [9.17, 15) is 14.4 Å². The SMILES string of the molecule is O=C(COc1ccc2ccccc2c1)ON1C(=O)CCC1=O. The number of benzene rings is 2. The Morgan fingerprint density at radius 2 is 1.68 bits per heavy atom. The van der Waals surface area contributed by atoms with E-state index in [-0.39, 0.29) is 19.4 Å². The Kier molecular flexibility index (Phi) is 3.74. The van der Waals surface area contributed by atoms with Crippen molar-refractivity contribution in [1.29, 1.82) is 0 Å². The molecule has 22 heavy (non-hydrogen) atoms. The number of carbonyl (C=O) groups excluding carboxylic acids is 3. The van der Waals surface area contributed by atoms with E-state index in [1.807, 2.05) is 30.3 Å². The van der Waals surface area contributed by atoms with Crippen molar-refractivity contribution in [2.75, 3.05) is 6.61 Å². The van der Waals surface area contributed by atoms with Crippen molar-refractivity contribution in [3.63, 3.8) is 0 Å². The molecule has 0 atom stereocenters. The van der Waals surface area contributed by atoms with E-state index >= 15 is 0 Å². The minimum atomic E-state index is -0.795. The maximum atomic E-state index is 11.6. The summed E-state index contributed by atoms with van der Waals surface area (Å²) < 4.78 is 5.33. The Morgan fingerprint density at radius 1 is 1.00 bits per heavy atom. The van der Waals surface area contributed by atoms with Gasteiger partial charge in [0, 0.05) is 12.8 Å². The zero-order valence-corrected chi connectivity index (χ0v) is 11.7. The van der Waals surface area contributed by atoms with Crippen LogP contribution < -0.4 is 4.74 Å². The fraction of sp³-hybridized carbons (Fsp3) is 0.188. The highest BCUT2D eigenvalue weighted by atomic mass is 16.7. The molecule has 2 amide bonds. The van der Waals surface area contributed by atoms with Crippen molar-refractivity contribution in [2.24, 2.45) is 0 Å². The van der Waals surface area contributed by atoms with Gasteiger partial charge >= 0.3 is 5.97 Å². The van der Waals surface area contributed by atoms with Gasteiger partial charge in [0.1, 0.15) is 5.75 Å². The predicted octanol–water partition coefficient (Wildman–Crippen LogP) is 1.83. The third-order valence-electron chi connectivity index (χ3n) is 3.28. The van der Waals surface area contributed by atoms with Gasteiger partial charge in [-0.25, -0.2) is 4.79 Å². The summed E-state index contributed by atoms with van der Waals surface area (Å²) in [6.45, 7) is -0.380. The normalized spacial score (nSPS) is 14.5. The van der Waals surface area contributed by atoms with Gasteiger partial charge in [0.2, 0.25) is 0 Å². The molecule has 0 bridgehead atoms. The van der Waals surface area contributed by atoms with E-state index in [0.717, 1.165) is 10.8 Å². The lowest BCUT2D eigenvalue weighted by molar-refractivity contribution is -0.198. The van der Waals surface area contributed by atoms with Crippen LogP contribution in [0.1, 0.15) is 12.8 Å². The van der Waals surface area contributed by atoms with E-state index in [0.29, 0.717) is 10.8 Å². The number of hydrogen-bond donors (Lipinski definition) is 0.